The summed E-state index contributed by atoms with van der Waals surface area (Å²) in [7, 11) is 0. The SMILES string of the molecule is Cc1cc(C)c(NC(=S)NC(=O)c2ccc(OCCc3ccccc3)c(Br)c2)c(C)c1. The summed E-state index contributed by atoms with van der Waals surface area (Å²) in [4.78, 5) is 12.6. The number of halogens is 1. The van der Waals surface area contributed by atoms with E-state index in [4.69, 9.17) is 17.0 Å². The highest BCUT2D eigenvalue weighted by Crippen LogP contribution is 2.26. The molecule has 160 valence electrons. The molecule has 0 aliphatic carbocycles. The maximum Gasteiger partial charge on any atom is 0.257 e. The molecule has 0 fully saturated rings. The molecule has 0 radical (unpaired) electrons. The van der Waals surface area contributed by atoms with E-state index >= 15 is 0 Å². The van der Waals surface area contributed by atoms with Crippen LogP contribution in [0.3, 0.4) is 0 Å². The lowest BCUT2D eigenvalue weighted by Crippen LogP contribution is -2.34. The van der Waals surface area contributed by atoms with Crippen LogP contribution in [0.1, 0.15) is 32.6 Å². The van der Waals surface area contributed by atoms with E-state index in [-0.39, 0.29) is 11.0 Å². The van der Waals surface area contributed by atoms with Crippen molar-refractivity contribution in [2.75, 3.05) is 11.9 Å². The Balaban J connectivity index is 1.58. The Morgan fingerprint density at radius 2 is 1.68 bits per heavy atom. The molecule has 4 nitrogen and oxygen atoms in total. The molecule has 0 bridgehead atoms. The average Bonchev–Trinajstić information content (AvgIpc) is 2.72. The Morgan fingerprint density at radius 3 is 2.32 bits per heavy atom. The highest BCUT2D eigenvalue weighted by Gasteiger charge is 2.12. The summed E-state index contributed by atoms with van der Waals surface area (Å²) in [5, 5.41) is 6.15. The van der Waals surface area contributed by atoms with Crippen molar-refractivity contribution in [3.8, 4) is 5.75 Å². The van der Waals surface area contributed by atoms with Crippen LogP contribution in [0, 0.1) is 20.8 Å². The van der Waals surface area contributed by atoms with Crippen LogP contribution in [0.5, 0.6) is 5.75 Å². The second kappa shape index (κ2) is 10.6. The van der Waals surface area contributed by atoms with Gasteiger partial charge in [0, 0.05) is 17.7 Å². The number of rotatable bonds is 6. The monoisotopic (exact) mass is 496 g/mol. The molecule has 3 aromatic rings. The number of carbonyl (C=O) groups excluding carboxylic acids is 1. The lowest BCUT2D eigenvalue weighted by atomic mass is 10.1. The van der Waals surface area contributed by atoms with E-state index in [1.165, 1.54) is 11.1 Å². The zero-order valence-corrected chi connectivity index (χ0v) is 20.2. The van der Waals surface area contributed by atoms with Gasteiger partial charge in [0.15, 0.2) is 5.11 Å². The first kappa shape index (κ1) is 23.0. The van der Waals surface area contributed by atoms with E-state index < -0.39 is 0 Å². The van der Waals surface area contributed by atoms with Gasteiger partial charge in [0.05, 0.1) is 11.1 Å². The van der Waals surface area contributed by atoms with Crippen LogP contribution >= 0.6 is 28.1 Å². The lowest BCUT2D eigenvalue weighted by Gasteiger charge is -2.15. The fourth-order valence-electron chi connectivity index (χ4n) is 3.38. The van der Waals surface area contributed by atoms with E-state index in [0.29, 0.717) is 17.9 Å². The second-order valence-electron chi connectivity index (χ2n) is 7.41. The van der Waals surface area contributed by atoms with Crippen LogP contribution in [0.25, 0.3) is 0 Å². The molecule has 0 unspecified atom stereocenters. The molecule has 0 spiro atoms. The van der Waals surface area contributed by atoms with E-state index in [1.54, 1.807) is 18.2 Å². The van der Waals surface area contributed by atoms with Crippen molar-refractivity contribution in [1.82, 2.24) is 5.32 Å². The number of carbonyl (C=O) groups is 1. The van der Waals surface area contributed by atoms with E-state index in [9.17, 15) is 4.79 Å². The molecule has 1 amide bonds. The molecule has 0 saturated carbocycles. The third-order valence-corrected chi connectivity index (χ3v) is 5.65. The predicted octanol–water partition coefficient (Wildman–Crippen LogP) is 6.12. The maximum atomic E-state index is 12.6. The van der Waals surface area contributed by atoms with Crippen molar-refractivity contribution in [3.05, 3.63) is 93.0 Å². The van der Waals surface area contributed by atoms with Crippen molar-refractivity contribution >= 4 is 44.9 Å². The second-order valence-corrected chi connectivity index (χ2v) is 8.67. The van der Waals surface area contributed by atoms with E-state index in [0.717, 1.165) is 27.7 Å². The largest absolute Gasteiger partial charge is 0.492 e. The van der Waals surface area contributed by atoms with Gasteiger partial charge in [-0.2, -0.15) is 0 Å². The molecule has 0 aromatic heterocycles. The molecule has 0 aliphatic heterocycles. The number of anilines is 1. The van der Waals surface area contributed by atoms with Crippen LogP contribution in [0.2, 0.25) is 0 Å². The van der Waals surface area contributed by atoms with Gasteiger partial charge in [-0.15, -0.1) is 0 Å². The van der Waals surface area contributed by atoms with E-state index in [2.05, 4.69) is 57.8 Å². The highest BCUT2D eigenvalue weighted by molar-refractivity contribution is 9.10. The van der Waals surface area contributed by atoms with Gasteiger partial charge in [0.25, 0.3) is 5.91 Å². The number of aryl methyl sites for hydroxylation is 3. The van der Waals surface area contributed by atoms with Crippen molar-refractivity contribution in [2.45, 2.75) is 27.2 Å². The number of hydrogen-bond acceptors (Lipinski definition) is 3. The summed E-state index contributed by atoms with van der Waals surface area (Å²) in [5.74, 6) is 0.413. The predicted molar refractivity (Wildman–Crippen MR) is 134 cm³/mol. The van der Waals surface area contributed by atoms with Gasteiger partial charge in [-0.05, 0) is 83.8 Å². The quantitative estimate of drug-likeness (QED) is 0.403. The minimum absolute atomic E-state index is 0.263. The van der Waals surface area contributed by atoms with Crippen LogP contribution < -0.4 is 15.4 Å². The van der Waals surface area contributed by atoms with Crippen LogP contribution in [0.15, 0.2) is 65.1 Å². The van der Waals surface area contributed by atoms with Gasteiger partial charge in [0.1, 0.15) is 5.75 Å². The smallest absolute Gasteiger partial charge is 0.257 e. The minimum atomic E-state index is -0.281. The normalized spacial score (nSPS) is 10.5. The summed E-state index contributed by atoms with van der Waals surface area (Å²) < 4.78 is 6.57. The first-order valence-electron chi connectivity index (χ1n) is 10.00. The average molecular weight is 497 g/mol. The molecule has 0 atom stereocenters. The number of nitrogens with one attached hydrogen (secondary N) is 2. The van der Waals surface area contributed by atoms with E-state index in [1.807, 2.05) is 32.0 Å². The van der Waals surface area contributed by atoms with Gasteiger partial charge in [0.2, 0.25) is 0 Å². The van der Waals surface area contributed by atoms with Crippen molar-refractivity contribution in [1.29, 1.82) is 0 Å². The van der Waals surface area contributed by atoms with Gasteiger partial charge in [-0.1, -0.05) is 48.0 Å². The first-order valence-corrected chi connectivity index (χ1v) is 11.2. The third-order valence-electron chi connectivity index (χ3n) is 4.83. The van der Waals surface area contributed by atoms with Crippen molar-refractivity contribution < 1.29 is 9.53 Å². The Labute approximate surface area is 197 Å². The van der Waals surface area contributed by atoms with Gasteiger partial charge in [-0.25, -0.2) is 0 Å². The fourth-order valence-corrected chi connectivity index (χ4v) is 4.07. The van der Waals surface area contributed by atoms with Crippen molar-refractivity contribution in [3.63, 3.8) is 0 Å². The molecule has 0 saturated heterocycles. The fraction of sp³-hybridized carbons (Fsp3) is 0.200. The lowest BCUT2D eigenvalue weighted by molar-refractivity contribution is 0.0977. The van der Waals surface area contributed by atoms with Crippen LogP contribution in [0.4, 0.5) is 5.69 Å². The molecular formula is C25H25BrN2O2S. The van der Waals surface area contributed by atoms with Crippen LogP contribution in [-0.2, 0) is 6.42 Å². The summed E-state index contributed by atoms with van der Waals surface area (Å²) >= 11 is 8.84. The summed E-state index contributed by atoms with van der Waals surface area (Å²) in [5.41, 5.74) is 5.96. The molecular weight excluding hydrogens is 472 g/mol. The topological polar surface area (TPSA) is 50.4 Å². The van der Waals surface area contributed by atoms with Crippen molar-refractivity contribution in [2.24, 2.45) is 0 Å². The zero-order chi connectivity index (χ0) is 22.4. The molecule has 2 N–H and O–H groups in total. The number of amides is 1. The summed E-state index contributed by atoms with van der Waals surface area (Å²) in [6.07, 6.45) is 0.813. The Bertz CT molecular complexity index is 1080. The summed E-state index contributed by atoms with van der Waals surface area (Å²) in [6, 6.07) is 19.6. The molecule has 3 rings (SSSR count). The Kier molecular flexibility index (Phi) is 7.82. The van der Waals surface area contributed by atoms with Gasteiger partial charge in [-0.3, -0.25) is 10.1 Å². The molecule has 6 heteroatoms. The van der Waals surface area contributed by atoms with Crippen LogP contribution in [-0.4, -0.2) is 17.6 Å². The number of ether oxygens (including phenoxy) is 1. The third kappa shape index (κ3) is 6.39. The summed E-state index contributed by atoms with van der Waals surface area (Å²) in [6.45, 7) is 6.63. The first-order chi connectivity index (χ1) is 14.8. The number of benzene rings is 3. The van der Waals surface area contributed by atoms with Gasteiger partial charge >= 0.3 is 0 Å². The molecule has 0 aliphatic rings. The zero-order valence-electron chi connectivity index (χ0n) is 17.8. The maximum absolute atomic E-state index is 12.6. The highest BCUT2D eigenvalue weighted by atomic mass is 79.9. The standard InChI is InChI=1S/C25H25BrN2O2S/c1-16-13-17(2)23(18(3)14-16)27-25(31)28-24(29)20-9-10-22(21(26)15-20)30-12-11-19-7-5-4-6-8-19/h4-10,13-15H,11-12H2,1-3H3,(H2,27,28,29,31). The number of thiocarbonyl (C=S) groups is 1. The Morgan fingerprint density at radius 1 is 1.00 bits per heavy atom. The Hall–Kier alpha value is -2.70. The van der Waals surface area contributed by atoms with Gasteiger partial charge < -0.3 is 10.1 Å². The molecule has 31 heavy (non-hydrogen) atoms. The number of hydrogen-bond donors (Lipinski definition) is 2. The molecule has 0 heterocycles. The minimum Gasteiger partial charge on any atom is -0.492 e. The molecule has 3 aromatic carbocycles.